The maximum absolute atomic E-state index is 12.3. The molecule has 0 saturated heterocycles. The van der Waals surface area contributed by atoms with Gasteiger partial charge in [-0.05, 0) is 35.5 Å². The van der Waals surface area contributed by atoms with Gasteiger partial charge in [-0.1, -0.05) is 6.07 Å². The molecule has 1 N–H and O–H groups in total. The van der Waals surface area contributed by atoms with Gasteiger partial charge in [0.15, 0.2) is 23.9 Å². The van der Waals surface area contributed by atoms with Crippen LogP contribution in [0.4, 0.5) is 5.69 Å². The first kappa shape index (κ1) is 17.5. The van der Waals surface area contributed by atoms with E-state index in [0.717, 1.165) is 0 Å². The number of anilines is 1. The van der Waals surface area contributed by atoms with Crippen LogP contribution in [-0.4, -0.2) is 45.3 Å². The summed E-state index contributed by atoms with van der Waals surface area (Å²) in [5.74, 6) is 0.785. The lowest BCUT2D eigenvalue weighted by Crippen LogP contribution is -2.21. The smallest absolute Gasteiger partial charge is 0.262 e. The van der Waals surface area contributed by atoms with Gasteiger partial charge in [0.25, 0.3) is 5.91 Å². The number of carbonyl (C=O) groups excluding carboxylic acids is 2. The molecule has 0 spiro atoms. The number of fused-ring (bicyclic) bond motifs is 1. The maximum atomic E-state index is 12.3. The summed E-state index contributed by atoms with van der Waals surface area (Å²) in [6.45, 7) is 1.24. The van der Waals surface area contributed by atoms with Crippen LogP contribution in [0.5, 0.6) is 17.2 Å². The number of carbonyl (C=O) groups is 2. The number of hydrogen-bond donors (Lipinski definition) is 1. The number of rotatable bonds is 6. The summed E-state index contributed by atoms with van der Waals surface area (Å²) in [6.07, 6.45) is 1.45. The number of ketones is 1. The zero-order valence-corrected chi connectivity index (χ0v) is 14.8. The van der Waals surface area contributed by atoms with Crippen LogP contribution in [0.2, 0.25) is 0 Å². The Balaban J connectivity index is 1.44. The largest absolute Gasteiger partial charge is 0.484 e. The first-order valence-corrected chi connectivity index (χ1v) is 8.31. The van der Waals surface area contributed by atoms with Gasteiger partial charge >= 0.3 is 0 Å². The van der Waals surface area contributed by atoms with Crippen molar-refractivity contribution < 1.29 is 23.8 Å². The first-order valence-electron chi connectivity index (χ1n) is 8.31. The van der Waals surface area contributed by atoms with Crippen molar-refractivity contribution in [2.45, 2.75) is 6.92 Å². The second-order valence-corrected chi connectivity index (χ2v) is 5.90. The van der Waals surface area contributed by atoms with Gasteiger partial charge in [0.05, 0.1) is 11.4 Å². The van der Waals surface area contributed by atoms with Crippen LogP contribution in [0.25, 0.3) is 5.69 Å². The molecule has 2 heterocycles. The number of nitrogens with zero attached hydrogens (tertiary/aromatic N) is 4. The van der Waals surface area contributed by atoms with E-state index in [2.05, 4.69) is 20.8 Å². The fourth-order valence-electron chi connectivity index (χ4n) is 2.67. The molecule has 1 amide bonds. The molecule has 10 heteroatoms. The van der Waals surface area contributed by atoms with E-state index in [1.807, 2.05) is 0 Å². The van der Waals surface area contributed by atoms with E-state index in [1.54, 1.807) is 36.4 Å². The molecule has 2 aromatic carbocycles. The van der Waals surface area contributed by atoms with Gasteiger partial charge in [0, 0.05) is 17.7 Å². The van der Waals surface area contributed by atoms with Crippen molar-refractivity contribution in [1.29, 1.82) is 0 Å². The highest BCUT2D eigenvalue weighted by molar-refractivity contribution is 6.04. The number of nitrogens with one attached hydrogen (secondary N) is 1. The monoisotopic (exact) mass is 381 g/mol. The Hall–Kier alpha value is -3.95. The van der Waals surface area contributed by atoms with Gasteiger partial charge in [-0.15, -0.1) is 5.10 Å². The third kappa shape index (κ3) is 3.61. The van der Waals surface area contributed by atoms with Crippen LogP contribution in [0.3, 0.4) is 0 Å². The SMILES string of the molecule is CC(=O)c1cc2c(cc1NC(=O)COc1cccc(-n3cnnn3)c1)OCO2. The molecule has 0 unspecified atom stereocenters. The molecule has 28 heavy (non-hydrogen) atoms. The predicted molar refractivity (Wildman–Crippen MR) is 95.8 cm³/mol. The number of hydrogen-bond acceptors (Lipinski definition) is 8. The zero-order chi connectivity index (χ0) is 19.5. The van der Waals surface area contributed by atoms with Gasteiger partial charge in [0.2, 0.25) is 6.79 Å². The number of aromatic nitrogens is 4. The van der Waals surface area contributed by atoms with Crippen molar-refractivity contribution in [2.75, 3.05) is 18.7 Å². The molecule has 1 aliphatic rings. The first-order chi connectivity index (χ1) is 13.6. The molecule has 1 aromatic heterocycles. The number of amides is 1. The lowest BCUT2D eigenvalue weighted by Gasteiger charge is -2.12. The van der Waals surface area contributed by atoms with Crippen LogP contribution in [0.1, 0.15) is 17.3 Å². The Labute approximate surface area is 159 Å². The van der Waals surface area contributed by atoms with Crippen molar-refractivity contribution in [3.63, 3.8) is 0 Å². The summed E-state index contributed by atoms with van der Waals surface area (Å²) in [6, 6.07) is 10.1. The Morgan fingerprint density at radius 2 is 2.04 bits per heavy atom. The molecule has 10 nitrogen and oxygen atoms in total. The summed E-state index contributed by atoms with van der Waals surface area (Å²) in [7, 11) is 0. The maximum Gasteiger partial charge on any atom is 0.262 e. The number of Topliss-reactive ketones (excluding diaryl/α,β-unsaturated/α-hetero) is 1. The second kappa shape index (κ2) is 7.35. The van der Waals surface area contributed by atoms with Gasteiger partial charge in [-0.2, -0.15) is 0 Å². The highest BCUT2D eigenvalue weighted by Gasteiger charge is 2.20. The molecule has 142 valence electrons. The molecule has 1 aliphatic heterocycles. The Kier molecular flexibility index (Phi) is 4.58. The van der Waals surface area contributed by atoms with Gasteiger partial charge in [0.1, 0.15) is 12.1 Å². The molecule has 0 atom stereocenters. The van der Waals surface area contributed by atoms with Crippen LogP contribution >= 0.6 is 0 Å². The van der Waals surface area contributed by atoms with Crippen LogP contribution < -0.4 is 19.5 Å². The summed E-state index contributed by atoms with van der Waals surface area (Å²) in [5, 5.41) is 13.6. The Bertz CT molecular complexity index is 1030. The molecular formula is C18H15N5O5. The quantitative estimate of drug-likeness (QED) is 0.640. The Morgan fingerprint density at radius 1 is 1.21 bits per heavy atom. The highest BCUT2D eigenvalue weighted by Crippen LogP contribution is 2.37. The minimum Gasteiger partial charge on any atom is -0.484 e. The topological polar surface area (TPSA) is 117 Å². The fraction of sp³-hybridized carbons (Fsp3) is 0.167. The minimum atomic E-state index is -0.422. The molecular weight excluding hydrogens is 366 g/mol. The second-order valence-electron chi connectivity index (χ2n) is 5.90. The molecule has 0 fully saturated rings. The lowest BCUT2D eigenvalue weighted by molar-refractivity contribution is -0.118. The van der Waals surface area contributed by atoms with Crippen molar-refractivity contribution in [3.8, 4) is 22.9 Å². The summed E-state index contributed by atoms with van der Waals surface area (Å²) < 4.78 is 17.6. The number of ether oxygens (including phenoxy) is 3. The van der Waals surface area contributed by atoms with Crippen LogP contribution in [-0.2, 0) is 4.79 Å². The normalized spacial score (nSPS) is 11.9. The molecule has 0 aliphatic carbocycles. The number of tetrazole rings is 1. The van der Waals surface area contributed by atoms with Gasteiger partial charge in [-0.3, -0.25) is 9.59 Å². The van der Waals surface area contributed by atoms with Gasteiger partial charge < -0.3 is 19.5 Å². The van der Waals surface area contributed by atoms with Gasteiger partial charge in [-0.25, -0.2) is 4.68 Å². The van der Waals surface area contributed by atoms with E-state index in [1.165, 1.54) is 17.9 Å². The molecule has 3 aromatic rings. The third-order valence-corrected chi connectivity index (χ3v) is 3.97. The summed E-state index contributed by atoms with van der Waals surface area (Å²) in [5.41, 5.74) is 1.36. The molecule has 0 bridgehead atoms. The van der Waals surface area contributed by atoms with E-state index >= 15 is 0 Å². The van der Waals surface area contributed by atoms with Crippen LogP contribution in [0, 0.1) is 0 Å². The average Bonchev–Trinajstić information content (AvgIpc) is 3.37. The van der Waals surface area contributed by atoms with E-state index < -0.39 is 5.91 Å². The summed E-state index contributed by atoms with van der Waals surface area (Å²) >= 11 is 0. The van der Waals surface area contributed by atoms with E-state index in [9.17, 15) is 9.59 Å². The van der Waals surface area contributed by atoms with Crippen LogP contribution in [0.15, 0.2) is 42.7 Å². The van der Waals surface area contributed by atoms with Crippen molar-refractivity contribution in [1.82, 2.24) is 20.2 Å². The number of benzene rings is 2. The molecule has 0 radical (unpaired) electrons. The third-order valence-electron chi connectivity index (χ3n) is 3.97. The van der Waals surface area contributed by atoms with E-state index in [0.29, 0.717) is 34.2 Å². The van der Waals surface area contributed by atoms with Crippen molar-refractivity contribution in [3.05, 3.63) is 48.3 Å². The van der Waals surface area contributed by atoms with E-state index in [-0.39, 0.29) is 19.2 Å². The van der Waals surface area contributed by atoms with Crippen molar-refractivity contribution in [2.24, 2.45) is 0 Å². The molecule has 4 rings (SSSR count). The van der Waals surface area contributed by atoms with Crippen molar-refractivity contribution >= 4 is 17.4 Å². The van der Waals surface area contributed by atoms with E-state index in [4.69, 9.17) is 14.2 Å². The highest BCUT2D eigenvalue weighted by atomic mass is 16.7. The average molecular weight is 381 g/mol. The zero-order valence-electron chi connectivity index (χ0n) is 14.8. The Morgan fingerprint density at radius 3 is 2.79 bits per heavy atom. The summed E-state index contributed by atoms with van der Waals surface area (Å²) in [4.78, 5) is 24.2. The molecule has 0 saturated carbocycles. The minimum absolute atomic E-state index is 0.0742. The fourth-order valence-corrected chi connectivity index (χ4v) is 2.67. The lowest BCUT2D eigenvalue weighted by atomic mass is 10.1. The standard InChI is InChI=1S/C18H15N5O5/c1-11(24)14-6-16-17(28-10-27-16)7-15(14)20-18(25)8-26-13-4-2-3-12(5-13)23-9-19-21-22-23/h2-7,9H,8,10H2,1H3,(H,20,25). The predicted octanol–water partition coefficient (Wildman–Crippen LogP) is 1.61.